The maximum Gasteiger partial charge on any atom is 0.0156 e. The van der Waals surface area contributed by atoms with E-state index in [9.17, 15) is 0 Å². The number of thioether (sulfide) groups is 1. The summed E-state index contributed by atoms with van der Waals surface area (Å²) in [5.41, 5.74) is 5.95. The first-order chi connectivity index (χ1) is 5.22. The summed E-state index contributed by atoms with van der Waals surface area (Å²) in [4.78, 5) is 0. The summed E-state index contributed by atoms with van der Waals surface area (Å²) in [7, 11) is 0. The molecule has 0 aromatic rings. The zero-order valence-electron chi connectivity index (χ0n) is 7.97. The Morgan fingerprint density at radius 3 is 2.45 bits per heavy atom. The van der Waals surface area contributed by atoms with Gasteiger partial charge in [-0.15, -0.1) is 0 Å². The van der Waals surface area contributed by atoms with Crippen molar-refractivity contribution in [2.75, 3.05) is 11.5 Å². The highest BCUT2D eigenvalue weighted by molar-refractivity contribution is 7.99. The van der Waals surface area contributed by atoms with Gasteiger partial charge in [-0.3, -0.25) is 0 Å². The third kappa shape index (κ3) is 5.57. The number of hydrogen-bond donors (Lipinski definition) is 1. The van der Waals surface area contributed by atoms with E-state index >= 15 is 0 Å². The van der Waals surface area contributed by atoms with Gasteiger partial charge in [-0.25, -0.2) is 0 Å². The summed E-state index contributed by atoms with van der Waals surface area (Å²) in [6.45, 7) is 6.65. The van der Waals surface area contributed by atoms with Crippen molar-refractivity contribution in [1.29, 1.82) is 0 Å². The van der Waals surface area contributed by atoms with Crippen LogP contribution in [0.2, 0.25) is 0 Å². The van der Waals surface area contributed by atoms with Crippen LogP contribution in [0, 0.1) is 5.92 Å². The van der Waals surface area contributed by atoms with Crippen LogP contribution in [0.5, 0.6) is 0 Å². The molecule has 11 heavy (non-hydrogen) atoms. The van der Waals surface area contributed by atoms with Crippen molar-refractivity contribution in [3.8, 4) is 0 Å². The Morgan fingerprint density at radius 1 is 1.36 bits per heavy atom. The predicted molar refractivity (Wildman–Crippen MR) is 55.0 cm³/mol. The summed E-state index contributed by atoms with van der Waals surface area (Å²) < 4.78 is 0. The molecule has 0 fully saturated rings. The van der Waals surface area contributed by atoms with Crippen LogP contribution >= 0.6 is 11.8 Å². The molecule has 0 amide bonds. The Morgan fingerprint density at radius 2 is 2.00 bits per heavy atom. The molecule has 0 aliphatic heterocycles. The van der Waals surface area contributed by atoms with Gasteiger partial charge in [0.1, 0.15) is 0 Å². The van der Waals surface area contributed by atoms with E-state index < -0.39 is 0 Å². The number of nitrogens with two attached hydrogens (primary N) is 1. The first-order valence-electron chi connectivity index (χ1n) is 4.55. The van der Waals surface area contributed by atoms with E-state index in [0.29, 0.717) is 12.0 Å². The molecule has 2 heteroatoms. The van der Waals surface area contributed by atoms with E-state index in [-0.39, 0.29) is 0 Å². The standard InChI is InChI=1S/C9H21NS/c1-4-6-11-7-9(10)8(3)5-2/h8-9H,4-7,10H2,1-3H3. The largest absolute Gasteiger partial charge is 0.327 e. The van der Waals surface area contributed by atoms with Gasteiger partial charge in [0.25, 0.3) is 0 Å². The van der Waals surface area contributed by atoms with Crippen LogP contribution in [0.15, 0.2) is 0 Å². The van der Waals surface area contributed by atoms with Crippen molar-refractivity contribution in [3.63, 3.8) is 0 Å². The van der Waals surface area contributed by atoms with E-state index in [1.165, 1.54) is 18.6 Å². The van der Waals surface area contributed by atoms with Crippen LogP contribution in [0.25, 0.3) is 0 Å². The lowest BCUT2D eigenvalue weighted by molar-refractivity contribution is 0.475. The maximum absolute atomic E-state index is 5.95. The summed E-state index contributed by atoms with van der Waals surface area (Å²) >= 11 is 1.98. The summed E-state index contributed by atoms with van der Waals surface area (Å²) in [6.07, 6.45) is 2.46. The summed E-state index contributed by atoms with van der Waals surface area (Å²) in [5, 5.41) is 0. The zero-order valence-corrected chi connectivity index (χ0v) is 8.79. The molecule has 0 spiro atoms. The predicted octanol–water partition coefficient (Wildman–Crippen LogP) is 2.50. The average Bonchev–Trinajstić information content (AvgIpc) is 2.03. The van der Waals surface area contributed by atoms with Gasteiger partial charge in [-0.05, 0) is 18.1 Å². The van der Waals surface area contributed by atoms with E-state index in [2.05, 4.69) is 20.8 Å². The van der Waals surface area contributed by atoms with Crippen LogP contribution in [0.4, 0.5) is 0 Å². The zero-order chi connectivity index (χ0) is 8.69. The highest BCUT2D eigenvalue weighted by Crippen LogP contribution is 2.11. The molecule has 0 heterocycles. The van der Waals surface area contributed by atoms with Crippen molar-refractivity contribution < 1.29 is 0 Å². The second-order valence-electron chi connectivity index (χ2n) is 3.12. The van der Waals surface area contributed by atoms with Gasteiger partial charge in [-0.1, -0.05) is 27.2 Å². The Balaban J connectivity index is 3.28. The van der Waals surface area contributed by atoms with Crippen molar-refractivity contribution in [2.45, 2.75) is 39.7 Å². The highest BCUT2D eigenvalue weighted by Gasteiger charge is 2.09. The monoisotopic (exact) mass is 175 g/mol. The van der Waals surface area contributed by atoms with Gasteiger partial charge in [0, 0.05) is 11.8 Å². The Hall–Kier alpha value is 0.310. The van der Waals surface area contributed by atoms with Gasteiger partial charge in [0.05, 0.1) is 0 Å². The molecule has 0 radical (unpaired) electrons. The van der Waals surface area contributed by atoms with E-state index in [1.54, 1.807) is 0 Å². The van der Waals surface area contributed by atoms with Crippen molar-refractivity contribution in [2.24, 2.45) is 11.7 Å². The van der Waals surface area contributed by atoms with Crippen LogP contribution in [0.1, 0.15) is 33.6 Å². The lowest BCUT2D eigenvalue weighted by Crippen LogP contribution is -2.30. The van der Waals surface area contributed by atoms with Gasteiger partial charge in [-0.2, -0.15) is 11.8 Å². The molecule has 0 bridgehead atoms. The molecule has 0 saturated carbocycles. The molecule has 0 rings (SSSR count). The number of hydrogen-bond acceptors (Lipinski definition) is 2. The number of rotatable bonds is 6. The maximum atomic E-state index is 5.95. The fourth-order valence-corrected chi connectivity index (χ4v) is 1.89. The second-order valence-corrected chi connectivity index (χ2v) is 4.27. The molecule has 0 aromatic carbocycles. The van der Waals surface area contributed by atoms with Crippen molar-refractivity contribution in [3.05, 3.63) is 0 Å². The summed E-state index contributed by atoms with van der Waals surface area (Å²) in [6, 6.07) is 0.400. The first-order valence-corrected chi connectivity index (χ1v) is 5.71. The third-order valence-electron chi connectivity index (χ3n) is 2.03. The molecule has 0 aliphatic carbocycles. The molecular formula is C9H21NS. The first kappa shape index (κ1) is 11.3. The fraction of sp³-hybridized carbons (Fsp3) is 1.00. The average molecular weight is 175 g/mol. The minimum Gasteiger partial charge on any atom is -0.327 e. The van der Waals surface area contributed by atoms with Crippen molar-refractivity contribution in [1.82, 2.24) is 0 Å². The molecule has 2 N–H and O–H groups in total. The van der Waals surface area contributed by atoms with Gasteiger partial charge in [0.2, 0.25) is 0 Å². The molecule has 0 aliphatic rings. The molecular weight excluding hydrogens is 154 g/mol. The molecule has 68 valence electrons. The molecule has 1 nitrogen and oxygen atoms in total. The van der Waals surface area contributed by atoms with E-state index in [1.807, 2.05) is 11.8 Å². The topological polar surface area (TPSA) is 26.0 Å². The SMILES string of the molecule is CCCSCC(N)C(C)CC. The van der Waals surface area contributed by atoms with Gasteiger partial charge in [0.15, 0.2) is 0 Å². The lowest BCUT2D eigenvalue weighted by Gasteiger charge is -2.17. The molecule has 0 saturated heterocycles. The smallest absolute Gasteiger partial charge is 0.0156 e. The van der Waals surface area contributed by atoms with Crippen molar-refractivity contribution >= 4 is 11.8 Å². The fourth-order valence-electron chi connectivity index (χ4n) is 0.831. The van der Waals surface area contributed by atoms with E-state index in [0.717, 1.165) is 5.75 Å². The van der Waals surface area contributed by atoms with Crippen LogP contribution in [0.3, 0.4) is 0 Å². The molecule has 2 unspecified atom stereocenters. The third-order valence-corrected chi connectivity index (χ3v) is 3.35. The Kier molecular flexibility index (Phi) is 7.18. The minimum absolute atomic E-state index is 0.400. The van der Waals surface area contributed by atoms with Crippen LogP contribution in [-0.2, 0) is 0 Å². The lowest BCUT2D eigenvalue weighted by atomic mass is 10.0. The normalized spacial score (nSPS) is 16.4. The summed E-state index contributed by atoms with van der Waals surface area (Å²) in [5.74, 6) is 3.06. The highest BCUT2D eigenvalue weighted by atomic mass is 32.2. The second kappa shape index (κ2) is 6.99. The van der Waals surface area contributed by atoms with Crippen LogP contribution in [-0.4, -0.2) is 17.5 Å². The van der Waals surface area contributed by atoms with Gasteiger partial charge >= 0.3 is 0 Å². The Labute approximate surface area is 75.1 Å². The Bertz CT molecular complexity index is 85.6. The molecule has 0 aromatic heterocycles. The van der Waals surface area contributed by atoms with Gasteiger partial charge < -0.3 is 5.73 Å². The van der Waals surface area contributed by atoms with Crippen LogP contribution < -0.4 is 5.73 Å². The molecule has 2 atom stereocenters. The van der Waals surface area contributed by atoms with E-state index in [4.69, 9.17) is 5.73 Å². The quantitative estimate of drug-likeness (QED) is 0.628. The minimum atomic E-state index is 0.400.